The van der Waals surface area contributed by atoms with Gasteiger partial charge in [-0.2, -0.15) is 5.10 Å². The van der Waals surface area contributed by atoms with Crippen molar-refractivity contribution in [2.45, 2.75) is 32.7 Å². The summed E-state index contributed by atoms with van der Waals surface area (Å²) in [7, 11) is 1.66. The lowest BCUT2D eigenvalue weighted by Gasteiger charge is -2.31. The van der Waals surface area contributed by atoms with Crippen LogP contribution in [0.2, 0.25) is 0 Å². The lowest BCUT2D eigenvalue weighted by Crippen LogP contribution is -2.28. The van der Waals surface area contributed by atoms with E-state index in [1.54, 1.807) is 25.3 Å². The Bertz CT molecular complexity index is 996. The minimum atomic E-state index is -0.264. The van der Waals surface area contributed by atoms with Gasteiger partial charge in [0.2, 0.25) is 0 Å². The number of ketones is 1. The van der Waals surface area contributed by atoms with Gasteiger partial charge < -0.3 is 4.74 Å². The molecule has 2 atom stereocenters. The average Bonchev–Trinajstić information content (AvgIpc) is 3.07. The molecule has 1 aliphatic heterocycles. The van der Waals surface area contributed by atoms with Gasteiger partial charge in [-0.15, -0.1) is 0 Å². The molecule has 0 spiro atoms. The summed E-state index contributed by atoms with van der Waals surface area (Å²) in [4.78, 5) is 11.7. The Morgan fingerprint density at radius 1 is 1.25 bits per heavy atom. The highest BCUT2D eigenvalue weighted by Gasteiger charge is 2.42. The molecule has 2 aromatic rings. The van der Waals surface area contributed by atoms with Crippen LogP contribution in [0.5, 0.6) is 5.75 Å². The molecular formula is C23H23FN2O2. The van der Waals surface area contributed by atoms with Gasteiger partial charge in [0, 0.05) is 23.3 Å². The molecule has 0 aromatic heterocycles. The number of ether oxygens (including phenoxy) is 1. The molecule has 1 aliphatic carbocycles. The molecule has 5 heteroatoms. The second-order valence-electron chi connectivity index (χ2n) is 7.39. The predicted molar refractivity (Wildman–Crippen MR) is 107 cm³/mol. The molecule has 4 nitrogen and oxygen atoms in total. The van der Waals surface area contributed by atoms with Crippen LogP contribution in [0.4, 0.5) is 4.39 Å². The van der Waals surface area contributed by atoms with Crippen LogP contribution < -0.4 is 4.74 Å². The van der Waals surface area contributed by atoms with E-state index in [2.05, 4.69) is 12.1 Å². The average molecular weight is 378 g/mol. The third-order valence-corrected chi connectivity index (χ3v) is 5.49. The van der Waals surface area contributed by atoms with Crippen LogP contribution in [0.1, 0.15) is 43.0 Å². The van der Waals surface area contributed by atoms with Crippen molar-refractivity contribution in [1.82, 2.24) is 5.01 Å². The number of fused-ring (bicyclic) bond motifs is 3. The van der Waals surface area contributed by atoms with E-state index < -0.39 is 0 Å². The number of allylic oxidation sites excluding steroid dienone is 2. The molecule has 0 unspecified atom stereocenters. The fraction of sp³-hybridized carbons (Fsp3) is 0.304. The van der Waals surface area contributed by atoms with E-state index in [9.17, 15) is 9.18 Å². The summed E-state index contributed by atoms with van der Waals surface area (Å²) in [5.41, 5.74) is 4.95. The third-order valence-electron chi connectivity index (χ3n) is 5.49. The minimum absolute atomic E-state index is 0.0318. The number of halogens is 1. The standard InChI is InChI=1S/C23H23FN2O2/c1-14(11-15(2)27)26-23(17-5-4-6-18(24)12-17)21-9-7-16-13-19(28-3)8-10-20(16)22(21)25-26/h4-6,8,10-13,21,23H,7,9H2,1-3H3/t21-,23-/m0/s1. The van der Waals surface area contributed by atoms with Gasteiger partial charge in [-0.3, -0.25) is 9.80 Å². The molecule has 4 rings (SSSR count). The molecule has 0 fully saturated rings. The number of rotatable bonds is 4. The normalized spacial score (nSPS) is 21.1. The summed E-state index contributed by atoms with van der Waals surface area (Å²) in [6, 6.07) is 12.6. The Balaban J connectivity index is 1.82. The van der Waals surface area contributed by atoms with E-state index in [1.807, 2.05) is 24.1 Å². The molecule has 0 radical (unpaired) electrons. The van der Waals surface area contributed by atoms with Crippen molar-refractivity contribution >= 4 is 11.5 Å². The number of aryl methyl sites for hydroxylation is 1. The van der Waals surface area contributed by atoms with E-state index in [-0.39, 0.29) is 23.6 Å². The first-order valence-corrected chi connectivity index (χ1v) is 9.47. The SMILES string of the molecule is COc1ccc2c(c1)CC[C@H]1C2=NN(C(C)=CC(C)=O)[C@H]1c1cccc(F)c1. The number of methoxy groups -OCH3 is 1. The van der Waals surface area contributed by atoms with Crippen LogP contribution in [0.3, 0.4) is 0 Å². The summed E-state index contributed by atoms with van der Waals surface area (Å²) < 4.78 is 19.3. The van der Waals surface area contributed by atoms with Gasteiger partial charge in [0.25, 0.3) is 0 Å². The van der Waals surface area contributed by atoms with Crippen LogP contribution in [0.15, 0.2) is 59.3 Å². The van der Waals surface area contributed by atoms with Gasteiger partial charge in [0.1, 0.15) is 11.6 Å². The molecule has 1 heterocycles. The smallest absolute Gasteiger partial charge is 0.154 e. The van der Waals surface area contributed by atoms with Crippen LogP contribution in [0, 0.1) is 11.7 Å². The number of benzene rings is 2. The van der Waals surface area contributed by atoms with E-state index in [1.165, 1.54) is 18.6 Å². The van der Waals surface area contributed by atoms with Crippen molar-refractivity contribution in [3.63, 3.8) is 0 Å². The van der Waals surface area contributed by atoms with Crippen molar-refractivity contribution in [3.8, 4) is 5.75 Å². The first-order valence-electron chi connectivity index (χ1n) is 9.47. The zero-order valence-electron chi connectivity index (χ0n) is 16.3. The Hall–Kier alpha value is -2.95. The highest BCUT2D eigenvalue weighted by Crippen LogP contribution is 2.45. The van der Waals surface area contributed by atoms with Crippen LogP contribution in [-0.4, -0.2) is 23.6 Å². The molecule has 0 saturated heterocycles. The molecule has 0 bridgehead atoms. The maximum Gasteiger partial charge on any atom is 0.154 e. The van der Waals surface area contributed by atoms with E-state index >= 15 is 0 Å². The van der Waals surface area contributed by atoms with E-state index in [0.29, 0.717) is 0 Å². The second kappa shape index (κ2) is 7.23. The van der Waals surface area contributed by atoms with Crippen LogP contribution in [-0.2, 0) is 11.2 Å². The van der Waals surface area contributed by atoms with Crippen LogP contribution in [0.25, 0.3) is 0 Å². The molecule has 28 heavy (non-hydrogen) atoms. The number of hydrazone groups is 1. The zero-order chi connectivity index (χ0) is 19.8. The van der Waals surface area contributed by atoms with Crippen molar-refractivity contribution in [2.24, 2.45) is 11.0 Å². The van der Waals surface area contributed by atoms with Gasteiger partial charge in [0.15, 0.2) is 5.78 Å². The quantitative estimate of drug-likeness (QED) is 0.727. The summed E-state index contributed by atoms with van der Waals surface area (Å²) in [6.07, 6.45) is 3.40. The number of carbonyl (C=O) groups is 1. The van der Waals surface area contributed by atoms with E-state index in [4.69, 9.17) is 9.84 Å². The summed E-state index contributed by atoms with van der Waals surface area (Å²) >= 11 is 0. The van der Waals surface area contributed by atoms with Crippen molar-refractivity contribution in [3.05, 3.63) is 76.7 Å². The van der Waals surface area contributed by atoms with Crippen molar-refractivity contribution < 1.29 is 13.9 Å². The Morgan fingerprint density at radius 3 is 2.79 bits per heavy atom. The third kappa shape index (κ3) is 3.21. The highest BCUT2D eigenvalue weighted by atomic mass is 19.1. The fourth-order valence-corrected chi connectivity index (χ4v) is 4.31. The topological polar surface area (TPSA) is 41.9 Å². The largest absolute Gasteiger partial charge is 0.497 e. The predicted octanol–water partition coefficient (Wildman–Crippen LogP) is 4.65. The molecule has 144 valence electrons. The van der Waals surface area contributed by atoms with E-state index in [0.717, 1.165) is 41.1 Å². The van der Waals surface area contributed by atoms with Gasteiger partial charge >= 0.3 is 0 Å². The van der Waals surface area contributed by atoms with Gasteiger partial charge in [-0.1, -0.05) is 12.1 Å². The molecular weight excluding hydrogens is 355 g/mol. The first kappa shape index (κ1) is 18.4. The summed E-state index contributed by atoms with van der Waals surface area (Å²) in [5, 5.41) is 6.80. The Morgan fingerprint density at radius 2 is 2.07 bits per heavy atom. The summed E-state index contributed by atoms with van der Waals surface area (Å²) in [6.45, 7) is 3.41. The van der Waals surface area contributed by atoms with Crippen molar-refractivity contribution in [1.29, 1.82) is 0 Å². The number of hydrogen-bond acceptors (Lipinski definition) is 4. The number of hydrogen-bond donors (Lipinski definition) is 0. The molecule has 0 amide bonds. The molecule has 0 saturated carbocycles. The zero-order valence-corrected chi connectivity index (χ0v) is 16.3. The maximum absolute atomic E-state index is 14.0. The Labute approximate surface area is 164 Å². The molecule has 2 aliphatic rings. The second-order valence-corrected chi connectivity index (χ2v) is 7.39. The first-order chi connectivity index (χ1) is 13.5. The lowest BCUT2D eigenvalue weighted by atomic mass is 9.77. The number of nitrogens with zero attached hydrogens (tertiary/aromatic N) is 2. The monoisotopic (exact) mass is 378 g/mol. The Kier molecular flexibility index (Phi) is 4.75. The fourth-order valence-electron chi connectivity index (χ4n) is 4.31. The molecule has 0 N–H and O–H groups in total. The maximum atomic E-state index is 14.0. The highest BCUT2D eigenvalue weighted by molar-refractivity contribution is 6.06. The molecule has 2 aromatic carbocycles. The van der Waals surface area contributed by atoms with Gasteiger partial charge in [0.05, 0.1) is 18.9 Å². The van der Waals surface area contributed by atoms with Crippen LogP contribution >= 0.6 is 0 Å². The number of carbonyl (C=O) groups excluding carboxylic acids is 1. The van der Waals surface area contributed by atoms with Crippen molar-refractivity contribution in [2.75, 3.05) is 7.11 Å². The summed E-state index contributed by atoms with van der Waals surface area (Å²) in [5.74, 6) is 0.677. The van der Waals surface area contributed by atoms with Gasteiger partial charge in [-0.25, -0.2) is 4.39 Å². The van der Waals surface area contributed by atoms with Gasteiger partial charge in [-0.05, 0) is 68.1 Å². The minimum Gasteiger partial charge on any atom is -0.497 e. The lowest BCUT2D eigenvalue weighted by molar-refractivity contribution is -0.112.